The Morgan fingerprint density at radius 1 is 0.442 bits per heavy atom. The number of aromatic nitrogens is 4. The molecule has 43 heavy (non-hydrogen) atoms. The zero-order valence-corrected chi connectivity index (χ0v) is 22.3. The third-order valence-electron chi connectivity index (χ3n) is 7.01. The molecule has 0 fully saturated rings. The molecule has 8 rings (SSSR count). The SMILES string of the molecule is [2H]c1c([2H])c([2H])c(-c2cccc(-n3c4c([2H])c([2H])c([2H])c([2H])c4c4c([2H])c([2H])c([2H])c([2H])c43)c2-c2nc(-c3ccccc3)nc(-c3ccccc3)n2)c([2H])c1[2H]. The molecule has 2 heterocycles. The fraction of sp³-hybridized carbons (Fsp3) is 0. The Labute approximate surface area is 267 Å². The standard InChI is InChI=1S/C39H26N4/c1-4-15-27(16-5-1)30-23-14-26-35(43-33-24-12-10-21-31(33)32-22-11-13-25-34(32)43)36(30)39-41-37(28-17-6-2-7-18-28)40-38(42-39)29-19-8-3-9-20-29/h1-26H/i1D,4D,5D,10D,11D,12D,13D,15D,16D,21D,22D,24D,25D. The molecule has 0 amide bonds. The van der Waals surface area contributed by atoms with Gasteiger partial charge in [-0.3, -0.25) is 0 Å². The van der Waals surface area contributed by atoms with Crippen LogP contribution < -0.4 is 0 Å². The van der Waals surface area contributed by atoms with Crippen molar-refractivity contribution in [3.63, 3.8) is 0 Å². The summed E-state index contributed by atoms with van der Waals surface area (Å²) < 4.78 is 115. The van der Waals surface area contributed by atoms with E-state index in [1.165, 1.54) is 22.8 Å². The summed E-state index contributed by atoms with van der Waals surface area (Å²) >= 11 is 0. The minimum Gasteiger partial charge on any atom is -0.308 e. The fourth-order valence-electron chi connectivity index (χ4n) is 5.14. The van der Waals surface area contributed by atoms with Gasteiger partial charge in [-0.1, -0.05) is 139 Å². The summed E-state index contributed by atoms with van der Waals surface area (Å²) in [6.07, 6.45) is 0. The van der Waals surface area contributed by atoms with Gasteiger partial charge >= 0.3 is 0 Å². The highest BCUT2D eigenvalue weighted by molar-refractivity contribution is 6.10. The lowest BCUT2D eigenvalue weighted by atomic mass is 9.97. The van der Waals surface area contributed by atoms with Crippen LogP contribution in [0, 0.1) is 0 Å². The third-order valence-corrected chi connectivity index (χ3v) is 7.01. The van der Waals surface area contributed by atoms with E-state index < -0.39 is 78.6 Å². The third kappa shape index (κ3) is 4.37. The van der Waals surface area contributed by atoms with Gasteiger partial charge in [-0.2, -0.15) is 0 Å². The summed E-state index contributed by atoms with van der Waals surface area (Å²) in [5.74, 6) is 0.358. The first-order valence-electron chi connectivity index (χ1n) is 19.8. The number of nitrogens with zero attached hydrogens (tertiary/aromatic N) is 4. The first-order valence-corrected chi connectivity index (χ1v) is 13.3. The molecule has 2 aromatic heterocycles. The maximum Gasteiger partial charge on any atom is 0.166 e. The van der Waals surface area contributed by atoms with Crippen molar-refractivity contribution in [2.45, 2.75) is 0 Å². The van der Waals surface area contributed by atoms with Crippen molar-refractivity contribution in [2.75, 3.05) is 0 Å². The molecule has 202 valence electrons. The van der Waals surface area contributed by atoms with E-state index in [2.05, 4.69) is 0 Å². The van der Waals surface area contributed by atoms with Crippen LogP contribution in [0.5, 0.6) is 0 Å². The Morgan fingerprint density at radius 3 is 1.53 bits per heavy atom. The Balaban J connectivity index is 1.64. The Morgan fingerprint density at radius 2 is 0.953 bits per heavy atom. The lowest BCUT2D eigenvalue weighted by molar-refractivity contribution is 1.06. The molecular formula is C39H26N4. The summed E-state index contributed by atoms with van der Waals surface area (Å²) in [4.78, 5) is 14.6. The van der Waals surface area contributed by atoms with Crippen LogP contribution in [0.2, 0.25) is 0 Å². The smallest absolute Gasteiger partial charge is 0.166 e. The van der Waals surface area contributed by atoms with Gasteiger partial charge in [0.15, 0.2) is 17.5 Å². The van der Waals surface area contributed by atoms with Gasteiger partial charge in [-0.15, -0.1) is 0 Å². The largest absolute Gasteiger partial charge is 0.308 e. The summed E-state index contributed by atoms with van der Waals surface area (Å²) in [5, 5.41) is -0.328. The molecule has 0 saturated heterocycles. The summed E-state index contributed by atoms with van der Waals surface area (Å²) in [5.41, 5.74) is 0.706. The maximum absolute atomic E-state index is 9.13. The molecule has 0 unspecified atom stereocenters. The average Bonchev–Trinajstić information content (AvgIpc) is 3.59. The van der Waals surface area contributed by atoms with Gasteiger partial charge < -0.3 is 4.57 Å². The van der Waals surface area contributed by atoms with E-state index in [9.17, 15) is 0 Å². The number of para-hydroxylation sites is 2. The van der Waals surface area contributed by atoms with Crippen LogP contribution in [-0.4, -0.2) is 19.5 Å². The van der Waals surface area contributed by atoms with E-state index in [0.29, 0.717) is 11.1 Å². The lowest BCUT2D eigenvalue weighted by Gasteiger charge is -2.18. The Kier molecular flexibility index (Phi) is 3.63. The molecule has 0 spiro atoms. The first-order chi connectivity index (χ1) is 26.7. The van der Waals surface area contributed by atoms with Gasteiger partial charge in [0.2, 0.25) is 0 Å². The van der Waals surface area contributed by atoms with E-state index >= 15 is 0 Å². The van der Waals surface area contributed by atoms with Crippen molar-refractivity contribution >= 4 is 21.8 Å². The Hall–Kier alpha value is -5.87. The second-order valence-corrected chi connectivity index (χ2v) is 9.52. The van der Waals surface area contributed by atoms with E-state index in [-0.39, 0.29) is 61.7 Å². The van der Waals surface area contributed by atoms with Crippen molar-refractivity contribution in [1.29, 1.82) is 0 Å². The molecule has 4 nitrogen and oxygen atoms in total. The summed E-state index contributed by atoms with van der Waals surface area (Å²) in [7, 11) is 0. The Bertz CT molecular complexity index is 2790. The van der Waals surface area contributed by atoms with Crippen LogP contribution in [0.4, 0.5) is 0 Å². The van der Waals surface area contributed by atoms with E-state index in [1.54, 1.807) is 48.5 Å². The number of hydrogen-bond donors (Lipinski definition) is 0. The molecule has 0 bridgehead atoms. The molecule has 0 atom stereocenters. The highest BCUT2D eigenvalue weighted by atomic mass is 15.1. The molecular weight excluding hydrogens is 524 g/mol. The predicted molar refractivity (Wildman–Crippen MR) is 176 cm³/mol. The van der Waals surface area contributed by atoms with Crippen LogP contribution in [0.3, 0.4) is 0 Å². The van der Waals surface area contributed by atoms with Gasteiger partial charge in [0.1, 0.15) is 0 Å². The van der Waals surface area contributed by atoms with Crippen molar-refractivity contribution < 1.29 is 17.8 Å². The number of rotatable bonds is 5. The highest BCUT2D eigenvalue weighted by Crippen LogP contribution is 2.40. The van der Waals surface area contributed by atoms with Crippen molar-refractivity contribution in [3.05, 3.63) is 157 Å². The second-order valence-electron chi connectivity index (χ2n) is 9.52. The minimum atomic E-state index is -0.622. The van der Waals surface area contributed by atoms with E-state index in [1.807, 2.05) is 12.1 Å². The lowest BCUT2D eigenvalue weighted by Crippen LogP contribution is -2.05. The minimum absolute atomic E-state index is 0.0291. The van der Waals surface area contributed by atoms with Crippen molar-refractivity contribution in [2.24, 2.45) is 0 Å². The molecule has 0 N–H and O–H groups in total. The van der Waals surface area contributed by atoms with Gasteiger partial charge in [-0.05, 0) is 29.3 Å². The molecule has 0 radical (unpaired) electrons. The highest BCUT2D eigenvalue weighted by Gasteiger charge is 2.22. The van der Waals surface area contributed by atoms with Gasteiger partial charge in [-0.25, -0.2) is 15.0 Å². The quantitative estimate of drug-likeness (QED) is 0.209. The zero-order chi connectivity index (χ0) is 39.9. The fourth-order valence-corrected chi connectivity index (χ4v) is 5.14. The number of fused-ring (bicyclic) bond motifs is 3. The first kappa shape index (κ1) is 14.9. The van der Waals surface area contributed by atoms with Gasteiger partial charge in [0.05, 0.1) is 40.1 Å². The molecule has 0 aliphatic rings. The van der Waals surface area contributed by atoms with Crippen molar-refractivity contribution in [3.8, 4) is 51.0 Å². The van der Waals surface area contributed by atoms with E-state index in [0.717, 1.165) is 0 Å². The van der Waals surface area contributed by atoms with Gasteiger partial charge in [0, 0.05) is 21.9 Å². The predicted octanol–water partition coefficient (Wildman–Crippen LogP) is 9.64. The molecule has 0 aliphatic carbocycles. The molecule has 4 heteroatoms. The topological polar surface area (TPSA) is 43.6 Å². The van der Waals surface area contributed by atoms with Crippen LogP contribution in [0.15, 0.2) is 157 Å². The summed E-state index contributed by atoms with van der Waals surface area (Å²) in [6, 6.07) is 15.0. The van der Waals surface area contributed by atoms with E-state index in [4.69, 9.17) is 32.8 Å². The monoisotopic (exact) mass is 563 g/mol. The normalized spacial score (nSPS) is 15.5. The van der Waals surface area contributed by atoms with Crippen LogP contribution in [0.25, 0.3) is 72.8 Å². The van der Waals surface area contributed by atoms with Crippen LogP contribution >= 0.6 is 0 Å². The molecule has 8 aromatic rings. The molecule has 0 saturated carbocycles. The maximum atomic E-state index is 9.13. The van der Waals surface area contributed by atoms with Crippen LogP contribution in [-0.2, 0) is 0 Å². The van der Waals surface area contributed by atoms with Crippen molar-refractivity contribution in [1.82, 2.24) is 19.5 Å². The molecule has 6 aromatic carbocycles. The molecule has 0 aliphatic heterocycles. The van der Waals surface area contributed by atoms with Crippen LogP contribution in [0.1, 0.15) is 17.8 Å². The average molecular weight is 564 g/mol. The number of benzene rings is 6. The van der Waals surface area contributed by atoms with Gasteiger partial charge in [0.25, 0.3) is 0 Å². The number of hydrogen-bond acceptors (Lipinski definition) is 3. The second kappa shape index (κ2) is 10.5. The zero-order valence-electron chi connectivity index (χ0n) is 35.3. The summed E-state index contributed by atoms with van der Waals surface area (Å²) in [6.45, 7) is 0.